The second-order valence-electron chi connectivity index (χ2n) is 7.01. The van der Waals surface area contributed by atoms with E-state index in [4.69, 9.17) is 33.3 Å². The average molecular weight is 425 g/mol. The van der Waals surface area contributed by atoms with Crippen LogP contribution in [0.25, 0.3) is 28.0 Å². The Labute approximate surface area is 180 Å². The smallest absolute Gasteiger partial charge is 0.166 e. The number of fused-ring (bicyclic) bond motifs is 1. The molecule has 0 unspecified atom stereocenters. The topological polar surface area (TPSA) is 42.2 Å². The molecule has 0 aliphatic rings. The van der Waals surface area contributed by atoms with E-state index in [-0.39, 0.29) is 0 Å². The number of hydrogen-bond acceptors (Lipinski definition) is 3. The van der Waals surface area contributed by atoms with E-state index in [0.717, 1.165) is 58.9 Å². The van der Waals surface area contributed by atoms with Crippen molar-refractivity contribution in [2.45, 2.75) is 26.7 Å². The standard InChI is InChI=1S/C23H22Cl2N4/c1-3-4-13-26-20-14-15(2)27-23-21(16-9-11-17(24)12-10-16)22(28-29(20)23)18-7-5-6-8-19(18)25/h5-12,14,26H,3-4,13H2,1-2H3. The molecule has 2 heterocycles. The summed E-state index contributed by atoms with van der Waals surface area (Å²) in [7, 11) is 0. The summed E-state index contributed by atoms with van der Waals surface area (Å²) in [6.45, 7) is 5.06. The first kappa shape index (κ1) is 19.7. The molecule has 148 valence electrons. The van der Waals surface area contributed by atoms with Crippen LogP contribution in [-0.2, 0) is 0 Å². The lowest BCUT2D eigenvalue weighted by Crippen LogP contribution is -2.08. The minimum Gasteiger partial charge on any atom is -0.370 e. The molecule has 4 aromatic rings. The summed E-state index contributed by atoms with van der Waals surface area (Å²) in [5.74, 6) is 0.925. The van der Waals surface area contributed by atoms with E-state index in [9.17, 15) is 0 Å². The molecule has 4 nitrogen and oxygen atoms in total. The van der Waals surface area contributed by atoms with Gasteiger partial charge in [-0.15, -0.1) is 0 Å². The summed E-state index contributed by atoms with van der Waals surface area (Å²) in [6, 6.07) is 17.5. The van der Waals surface area contributed by atoms with Gasteiger partial charge in [0.25, 0.3) is 0 Å². The Balaban J connectivity index is 2.00. The number of anilines is 1. The number of rotatable bonds is 6. The van der Waals surface area contributed by atoms with Crippen LogP contribution in [0.3, 0.4) is 0 Å². The number of unbranched alkanes of at least 4 members (excludes halogenated alkanes) is 1. The minimum atomic E-state index is 0.656. The fraction of sp³-hybridized carbons (Fsp3) is 0.217. The van der Waals surface area contributed by atoms with Gasteiger partial charge in [-0.2, -0.15) is 9.61 Å². The molecule has 0 saturated heterocycles. The third-order valence-electron chi connectivity index (χ3n) is 4.82. The third kappa shape index (κ3) is 3.96. The summed E-state index contributed by atoms with van der Waals surface area (Å²) in [6.07, 6.45) is 2.21. The number of halogens is 2. The molecule has 2 aromatic heterocycles. The number of aryl methyl sites for hydroxylation is 1. The maximum absolute atomic E-state index is 6.54. The van der Waals surface area contributed by atoms with Gasteiger partial charge in [-0.05, 0) is 37.1 Å². The van der Waals surface area contributed by atoms with Gasteiger partial charge in [-0.25, -0.2) is 4.98 Å². The van der Waals surface area contributed by atoms with Crippen LogP contribution in [0.15, 0.2) is 54.6 Å². The summed E-state index contributed by atoms with van der Waals surface area (Å²) in [5, 5.41) is 9.79. The van der Waals surface area contributed by atoms with Crippen molar-refractivity contribution < 1.29 is 0 Å². The third-order valence-corrected chi connectivity index (χ3v) is 5.40. The molecule has 0 fully saturated rings. The predicted molar refractivity (Wildman–Crippen MR) is 122 cm³/mol. The van der Waals surface area contributed by atoms with Crippen LogP contribution in [0.2, 0.25) is 10.0 Å². The monoisotopic (exact) mass is 424 g/mol. The van der Waals surface area contributed by atoms with Gasteiger partial charge in [-0.1, -0.05) is 66.9 Å². The highest BCUT2D eigenvalue weighted by atomic mass is 35.5. The van der Waals surface area contributed by atoms with Crippen molar-refractivity contribution in [3.05, 3.63) is 70.3 Å². The van der Waals surface area contributed by atoms with E-state index in [2.05, 4.69) is 12.2 Å². The van der Waals surface area contributed by atoms with Crippen molar-refractivity contribution >= 4 is 34.7 Å². The van der Waals surface area contributed by atoms with Gasteiger partial charge in [0.1, 0.15) is 11.5 Å². The van der Waals surface area contributed by atoms with Crippen molar-refractivity contribution in [1.29, 1.82) is 0 Å². The quantitative estimate of drug-likeness (QED) is 0.342. The van der Waals surface area contributed by atoms with Crippen molar-refractivity contribution in [2.75, 3.05) is 11.9 Å². The highest BCUT2D eigenvalue weighted by Gasteiger charge is 2.21. The van der Waals surface area contributed by atoms with Gasteiger partial charge in [0, 0.05) is 28.9 Å². The van der Waals surface area contributed by atoms with Gasteiger partial charge in [-0.3, -0.25) is 0 Å². The number of nitrogens with one attached hydrogen (secondary N) is 1. The van der Waals surface area contributed by atoms with Gasteiger partial charge in [0.15, 0.2) is 5.65 Å². The normalized spacial score (nSPS) is 11.2. The minimum absolute atomic E-state index is 0.656. The number of aromatic nitrogens is 3. The van der Waals surface area contributed by atoms with Crippen LogP contribution >= 0.6 is 23.2 Å². The van der Waals surface area contributed by atoms with E-state index in [1.165, 1.54) is 0 Å². The Morgan fingerprint density at radius 2 is 1.79 bits per heavy atom. The molecule has 4 rings (SSSR count). The zero-order valence-electron chi connectivity index (χ0n) is 16.4. The molecule has 0 radical (unpaired) electrons. The van der Waals surface area contributed by atoms with Gasteiger partial charge in [0.05, 0.1) is 10.6 Å². The summed E-state index contributed by atoms with van der Waals surface area (Å²) < 4.78 is 1.88. The van der Waals surface area contributed by atoms with Crippen LogP contribution in [0.5, 0.6) is 0 Å². The molecule has 0 aliphatic heterocycles. The van der Waals surface area contributed by atoms with Crippen molar-refractivity contribution in [3.8, 4) is 22.4 Å². The van der Waals surface area contributed by atoms with E-state index in [1.54, 1.807) is 0 Å². The SMILES string of the molecule is CCCCNc1cc(C)nc2c(-c3ccc(Cl)cc3)c(-c3ccccc3Cl)nn12. The fourth-order valence-corrected chi connectivity index (χ4v) is 3.73. The van der Waals surface area contributed by atoms with Crippen molar-refractivity contribution in [2.24, 2.45) is 0 Å². The molecule has 1 N–H and O–H groups in total. The van der Waals surface area contributed by atoms with Crippen LogP contribution in [0, 0.1) is 6.92 Å². The maximum Gasteiger partial charge on any atom is 0.166 e. The molecule has 2 aromatic carbocycles. The van der Waals surface area contributed by atoms with Gasteiger partial charge >= 0.3 is 0 Å². The summed E-state index contributed by atoms with van der Waals surface area (Å²) in [4.78, 5) is 4.82. The van der Waals surface area contributed by atoms with Crippen molar-refractivity contribution in [3.63, 3.8) is 0 Å². The highest BCUT2D eigenvalue weighted by molar-refractivity contribution is 6.33. The molecular weight excluding hydrogens is 403 g/mol. The maximum atomic E-state index is 6.54. The van der Waals surface area contributed by atoms with Crippen LogP contribution in [-0.4, -0.2) is 21.1 Å². The first-order chi connectivity index (χ1) is 14.1. The van der Waals surface area contributed by atoms with E-state index < -0.39 is 0 Å². The predicted octanol–water partition coefficient (Wildman–Crippen LogP) is 6.89. The fourth-order valence-electron chi connectivity index (χ4n) is 3.38. The first-order valence-electron chi connectivity index (χ1n) is 9.73. The van der Waals surface area contributed by atoms with E-state index >= 15 is 0 Å². The largest absolute Gasteiger partial charge is 0.370 e. The number of nitrogens with zero attached hydrogens (tertiary/aromatic N) is 3. The second-order valence-corrected chi connectivity index (χ2v) is 7.85. The van der Waals surface area contributed by atoms with Crippen molar-refractivity contribution in [1.82, 2.24) is 14.6 Å². The molecule has 0 amide bonds. The zero-order chi connectivity index (χ0) is 20.4. The Bertz CT molecular complexity index is 1150. The Morgan fingerprint density at radius 1 is 1.03 bits per heavy atom. The van der Waals surface area contributed by atoms with Crippen LogP contribution < -0.4 is 5.32 Å². The molecule has 0 bridgehead atoms. The molecule has 0 aliphatic carbocycles. The summed E-state index contributed by atoms with van der Waals surface area (Å²) in [5.41, 5.74) is 5.34. The Morgan fingerprint density at radius 3 is 2.52 bits per heavy atom. The first-order valence-corrected chi connectivity index (χ1v) is 10.5. The lowest BCUT2D eigenvalue weighted by Gasteiger charge is -2.09. The molecular formula is C23H22Cl2N4. The molecule has 6 heteroatoms. The molecule has 0 saturated carbocycles. The molecule has 29 heavy (non-hydrogen) atoms. The Hall–Kier alpha value is -2.56. The second kappa shape index (κ2) is 8.44. The van der Waals surface area contributed by atoms with E-state index in [0.29, 0.717) is 10.0 Å². The number of hydrogen-bond donors (Lipinski definition) is 1. The zero-order valence-corrected chi connectivity index (χ0v) is 17.9. The lowest BCUT2D eigenvalue weighted by atomic mass is 10.0. The average Bonchev–Trinajstić information content (AvgIpc) is 3.08. The lowest BCUT2D eigenvalue weighted by molar-refractivity contribution is 0.819. The van der Waals surface area contributed by atoms with Gasteiger partial charge < -0.3 is 5.32 Å². The Kier molecular flexibility index (Phi) is 5.74. The summed E-state index contributed by atoms with van der Waals surface area (Å²) >= 11 is 12.7. The molecule has 0 atom stereocenters. The van der Waals surface area contributed by atoms with E-state index in [1.807, 2.05) is 66.0 Å². The molecule has 0 spiro atoms. The van der Waals surface area contributed by atoms with Crippen LogP contribution in [0.4, 0.5) is 5.82 Å². The van der Waals surface area contributed by atoms with Crippen LogP contribution in [0.1, 0.15) is 25.5 Å². The number of benzene rings is 2. The highest BCUT2D eigenvalue weighted by Crippen LogP contribution is 2.38. The van der Waals surface area contributed by atoms with Gasteiger partial charge in [0.2, 0.25) is 0 Å².